The molecule has 0 saturated heterocycles. The highest BCUT2D eigenvalue weighted by molar-refractivity contribution is 9.10. The zero-order valence-electron chi connectivity index (χ0n) is 9.03. The third kappa shape index (κ3) is 4.06. The molecular weight excluding hydrogens is 256 g/mol. The van der Waals surface area contributed by atoms with Crippen LogP contribution in [0.15, 0.2) is 21.2 Å². The van der Waals surface area contributed by atoms with Gasteiger partial charge in [-0.25, -0.2) is 0 Å². The molecule has 0 radical (unpaired) electrons. The highest BCUT2D eigenvalue weighted by atomic mass is 79.9. The summed E-state index contributed by atoms with van der Waals surface area (Å²) in [4.78, 5) is 2.19. The van der Waals surface area contributed by atoms with E-state index < -0.39 is 0 Å². The third-order valence-electron chi connectivity index (χ3n) is 2.21. The van der Waals surface area contributed by atoms with Crippen molar-refractivity contribution >= 4 is 15.9 Å². The Labute approximate surface area is 98.8 Å². The summed E-state index contributed by atoms with van der Waals surface area (Å²) in [5.74, 6) is 0.984. The highest BCUT2D eigenvalue weighted by Gasteiger charge is 2.10. The van der Waals surface area contributed by atoms with E-state index in [1.807, 2.05) is 19.1 Å². The van der Waals surface area contributed by atoms with Gasteiger partial charge in [-0.2, -0.15) is 5.26 Å². The first kappa shape index (κ1) is 12.3. The Morgan fingerprint density at radius 2 is 2.33 bits per heavy atom. The molecule has 3 nitrogen and oxygen atoms in total. The second kappa shape index (κ2) is 5.94. The number of nitriles is 1. The van der Waals surface area contributed by atoms with E-state index in [4.69, 9.17) is 9.68 Å². The number of halogens is 1. The van der Waals surface area contributed by atoms with Gasteiger partial charge in [0.1, 0.15) is 5.76 Å². The first-order valence-corrected chi connectivity index (χ1v) is 5.81. The van der Waals surface area contributed by atoms with Gasteiger partial charge < -0.3 is 4.42 Å². The minimum absolute atomic E-state index is 0.0587. The van der Waals surface area contributed by atoms with Crippen molar-refractivity contribution in [1.82, 2.24) is 4.90 Å². The highest BCUT2D eigenvalue weighted by Crippen LogP contribution is 2.16. The largest absolute Gasteiger partial charge is 0.453 e. The summed E-state index contributed by atoms with van der Waals surface area (Å²) in [6, 6.07) is 6.07. The van der Waals surface area contributed by atoms with Gasteiger partial charge in [-0.3, -0.25) is 4.90 Å². The van der Waals surface area contributed by atoms with Crippen LogP contribution >= 0.6 is 15.9 Å². The van der Waals surface area contributed by atoms with Gasteiger partial charge in [0.2, 0.25) is 0 Å². The first-order valence-electron chi connectivity index (χ1n) is 5.02. The molecule has 1 atom stereocenters. The molecule has 4 heteroatoms. The second-order valence-electron chi connectivity index (χ2n) is 3.56. The van der Waals surface area contributed by atoms with E-state index in [1.165, 1.54) is 0 Å². The molecule has 0 saturated carbocycles. The predicted octanol–water partition coefficient (Wildman–Crippen LogP) is 3.02. The van der Waals surface area contributed by atoms with E-state index in [1.54, 1.807) is 0 Å². The Kier molecular flexibility index (Phi) is 4.86. The number of hydrogen-bond acceptors (Lipinski definition) is 3. The van der Waals surface area contributed by atoms with Gasteiger partial charge in [-0.1, -0.05) is 6.92 Å². The summed E-state index contributed by atoms with van der Waals surface area (Å²) in [5, 5.41) is 8.74. The van der Waals surface area contributed by atoms with Crippen molar-refractivity contribution < 1.29 is 4.42 Å². The lowest BCUT2D eigenvalue weighted by molar-refractivity contribution is 0.238. The van der Waals surface area contributed by atoms with Crippen LogP contribution in [0.5, 0.6) is 0 Å². The minimum Gasteiger partial charge on any atom is -0.453 e. The van der Waals surface area contributed by atoms with Crippen LogP contribution in [-0.2, 0) is 6.54 Å². The van der Waals surface area contributed by atoms with E-state index in [0.717, 1.165) is 30.1 Å². The molecule has 0 aliphatic carbocycles. The Balaban J connectivity index is 2.51. The van der Waals surface area contributed by atoms with E-state index in [0.29, 0.717) is 0 Å². The van der Waals surface area contributed by atoms with Crippen molar-refractivity contribution in [3.63, 3.8) is 0 Å². The molecule has 0 amide bonds. The van der Waals surface area contributed by atoms with Crippen LogP contribution < -0.4 is 0 Å². The van der Waals surface area contributed by atoms with Gasteiger partial charge in [0.15, 0.2) is 4.67 Å². The fraction of sp³-hybridized carbons (Fsp3) is 0.545. The zero-order chi connectivity index (χ0) is 11.3. The fourth-order valence-electron chi connectivity index (χ4n) is 1.39. The Morgan fingerprint density at radius 1 is 1.60 bits per heavy atom. The summed E-state index contributed by atoms with van der Waals surface area (Å²) in [6.07, 6.45) is 0. The number of nitrogens with zero attached hydrogens (tertiary/aromatic N) is 2. The number of furan rings is 1. The maximum Gasteiger partial charge on any atom is 0.169 e. The second-order valence-corrected chi connectivity index (χ2v) is 4.35. The lowest BCUT2D eigenvalue weighted by Crippen LogP contribution is -2.27. The average molecular weight is 271 g/mol. The molecule has 15 heavy (non-hydrogen) atoms. The smallest absolute Gasteiger partial charge is 0.169 e. The predicted molar refractivity (Wildman–Crippen MR) is 62.1 cm³/mol. The standard InChI is InChI=1S/C11H15BrN2O/c1-3-14(7-9(2)6-13)8-10-4-5-11(12)15-10/h4-5,9H,3,7-8H2,1-2H3. The van der Waals surface area contributed by atoms with E-state index in [9.17, 15) is 0 Å². The van der Waals surface area contributed by atoms with Crippen LogP contribution in [0.4, 0.5) is 0 Å². The van der Waals surface area contributed by atoms with Gasteiger partial charge in [0, 0.05) is 6.54 Å². The van der Waals surface area contributed by atoms with E-state index in [-0.39, 0.29) is 5.92 Å². The van der Waals surface area contributed by atoms with Gasteiger partial charge in [0.25, 0.3) is 0 Å². The van der Waals surface area contributed by atoms with E-state index >= 15 is 0 Å². The number of rotatable bonds is 5. The van der Waals surface area contributed by atoms with Crippen LogP contribution in [-0.4, -0.2) is 18.0 Å². The molecule has 0 fully saturated rings. The van der Waals surface area contributed by atoms with Crippen LogP contribution in [0.25, 0.3) is 0 Å². The molecule has 1 unspecified atom stereocenters. The topological polar surface area (TPSA) is 40.2 Å². The van der Waals surface area contributed by atoms with Crippen molar-refractivity contribution in [3.05, 3.63) is 22.6 Å². The lowest BCUT2D eigenvalue weighted by atomic mass is 10.2. The molecule has 1 rings (SSSR count). The fourth-order valence-corrected chi connectivity index (χ4v) is 1.73. The summed E-state index contributed by atoms with van der Waals surface area (Å²) in [7, 11) is 0. The molecule has 0 aromatic carbocycles. The van der Waals surface area contributed by atoms with Crippen LogP contribution in [0.1, 0.15) is 19.6 Å². The van der Waals surface area contributed by atoms with E-state index in [2.05, 4.69) is 33.8 Å². The van der Waals surface area contributed by atoms with Crippen molar-refractivity contribution in [2.75, 3.05) is 13.1 Å². The quantitative estimate of drug-likeness (QED) is 0.826. The molecule has 1 heterocycles. The van der Waals surface area contributed by atoms with Gasteiger partial charge in [-0.15, -0.1) is 0 Å². The van der Waals surface area contributed by atoms with Gasteiger partial charge >= 0.3 is 0 Å². The summed E-state index contributed by atoms with van der Waals surface area (Å²) in [6.45, 7) is 6.48. The molecule has 0 aliphatic rings. The minimum atomic E-state index is 0.0587. The Morgan fingerprint density at radius 3 is 2.80 bits per heavy atom. The lowest BCUT2D eigenvalue weighted by Gasteiger charge is -2.19. The molecule has 1 aromatic heterocycles. The van der Waals surface area contributed by atoms with Gasteiger partial charge in [0.05, 0.1) is 18.5 Å². The van der Waals surface area contributed by atoms with Gasteiger partial charge in [-0.05, 0) is 41.5 Å². The van der Waals surface area contributed by atoms with Crippen LogP contribution in [0.2, 0.25) is 0 Å². The van der Waals surface area contributed by atoms with Crippen LogP contribution in [0.3, 0.4) is 0 Å². The number of hydrogen-bond donors (Lipinski definition) is 0. The Bertz CT molecular complexity index is 343. The van der Waals surface area contributed by atoms with Crippen LogP contribution in [0, 0.1) is 17.2 Å². The molecule has 0 aliphatic heterocycles. The molecule has 0 spiro atoms. The molecular formula is C11H15BrN2O. The normalized spacial score (nSPS) is 12.7. The first-order chi connectivity index (χ1) is 7.15. The molecule has 1 aromatic rings. The SMILES string of the molecule is CCN(Cc1ccc(Br)o1)CC(C)C#N. The maximum absolute atomic E-state index is 8.74. The average Bonchev–Trinajstić information content (AvgIpc) is 2.62. The maximum atomic E-state index is 8.74. The monoisotopic (exact) mass is 270 g/mol. The summed E-state index contributed by atoms with van der Waals surface area (Å²) < 4.78 is 6.17. The molecule has 0 N–H and O–H groups in total. The summed E-state index contributed by atoms with van der Waals surface area (Å²) >= 11 is 3.27. The van der Waals surface area contributed by atoms with Crippen molar-refractivity contribution in [3.8, 4) is 6.07 Å². The van der Waals surface area contributed by atoms with Crippen molar-refractivity contribution in [2.45, 2.75) is 20.4 Å². The zero-order valence-corrected chi connectivity index (χ0v) is 10.6. The third-order valence-corrected chi connectivity index (χ3v) is 2.63. The van der Waals surface area contributed by atoms with Crippen molar-refractivity contribution in [1.29, 1.82) is 5.26 Å². The Hall–Kier alpha value is -0.790. The molecule has 82 valence electrons. The molecule has 0 bridgehead atoms. The van der Waals surface area contributed by atoms with Crippen molar-refractivity contribution in [2.24, 2.45) is 5.92 Å². The summed E-state index contributed by atoms with van der Waals surface area (Å²) in [5.41, 5.74) is 0.